The summed E-state index contributed by atoms with van der Waals surface area (Å²) in [6.07, 6.45) is 5.69. The number of hydrogen-bond donors (Lipinski definition) is 0. The molecular weight excluding hydrogens is 226 g/mol. The van der Waals surface area contributed by atoms with E-state index in [0.29, 0.717) is 6.54 Å². The summed E-state index contributed by atoms with van der Waals surface area (Å²) >= 11 is 0. The Hall–Kier alpha value is -2.36. The highest BCUT2D eigenvalue weighted by atomic mass is 16.1. The maximum absolute atomic E-state index is 11.9. The number of pyridine rings is 2. The van der Waals surface area contributed by atoms with E-state index in [4.69, 9.17) is 0 Å². The minimum Gasteiger partial charge on any atom is -0.309 e. The summed E-state index contributed by atoms with van der Waals surface area (Å²) in [5.74, 6) is 0. The highest BCUT2D eigenvalue weighted by Crippen LogP contribution is 2.05. The third-order valence-electron chi connectivity index (χ3n) is 2.96. The van der Waals surface area contributed by atoms with Crippen molar-refractivity contribution in [2.75, 3.05) is 0 Å². The van der Waals surface area contributed by atoms with Crippen LogP contribution in [0.2, 0.25) is 0 Å². The zero-order chi connectivity index (χ0) is 12.5. The Morgan fingerprint density at radius 2 is 2.06 bits per heavy atom. The molecule has 0 saturated carbocycles. The van der Waals surface area contributed by atoms with E-state index in [9.17, 15) is 4.79 Å². The normalized spacial score (nSPS) is 10.9. The zero-order valence-electron chi connectivity index (χ0n) is 10.1. The first-order chi connectivity index (χ1) is 8.74. The summed E-state index contributed by atoms with van der Waals surface area (Å²) in [4.78, 5) is 16.4. The average Bonchev–Trinajstić information content (AvgIpc) is 2.77. The van der Waals surface area contributed by atoms with Gasteiger partial charge in [0.2, 0.25) is 0 Å². The Morgan fingerprint density at radius 1 is 1.17 bits per heavy atom. The average molecular weight is 239 g/mol. The topological polar surface area (TPSA) is 39.3 Å². The Labute approximate surface area is 104 Å². The lowest BCUT2D eigenvalue weighted by Crippen LogP contribution is -2.21. The monoisotopic (exact) mass is 239 g/mol. The smallest absolute Gasteiger partial charge is 0.253 e. The van der Waals surface area contributed by atoms with Crippen molar-refractivity contribution in [3.63, 3.8) is 0 Å². The molecule has 0 aliphatic heterocycles. The number of hydrogen-bond acceptors (Lipinski definition) is 2. The van der Waals surface area contributed by atoms with Crippen LogP contribution >= 0.6 is 0 Å². The summed E-state index contributed by atoms with van der Waals surface area (Å²) in [6, 6.07) is 9.56. The van der Waals surface area contributed by atoms with Gasteiger partial charge in [-0.25, -0.2) is 4.98 Å². The molecule has 3 heterocycles. The van der Waals surface area contributed by atoms with Crippen LogP contribution in [0.3, 0.4) is 0 Å². The van der Waals surface area contributed by atoms with Crippen molar-refractivity contribution in [2.45, 2.75) is 13.5 Å². The van der Waals surface area contributed by atoms with E-state index in [2.05, 4.69) is 4.98 Å². The Morgan fingerprint density at radius 3 is 2.89 bits per heavy atom. The summed E-state index contributed by atoms with van der Waals surface area (Å²) in [5, 5.41) is 0. The van der Waals surface area contributed by atoms with Gasteiger partial charge in [-0.1, -0.05) is 12.1 Å². The minimum atomic E-state index is 0.0366. The second kappa shape index (κ2) is 4.14. The third-order valence-corrected chi connectivity index (χ3v) is 2.96. The van der Waals surface area contributed by atoms with Crippen LogP contribution in [0.15, 0.2) is 53.7 Å². The van der Waals surface area contributed by atoms with E-state index >= 15 is 0 Å². The van der Waals surface area contributed by atoms with Gasteiger partial charge in [-0.15, -0.1) is 0 Å². The molecule has 0 aliphatic rings. The van der Waals surface area contributed by atoms with Gasteiger partial charge in [0, 0.05) is 24.2 Å². The van der Waals surface area contributed by atoms with Crippen LogP contribution < -0.4 is 5.56 Å². The molecule has 0 amide bonds. The van der Waals surface area contributed by atoms with Crippen LogP contribution in [0.5, 0.6) is 0 Å². The number of nitrogens with zero attached hydrogens (tertiary/aromatic N) is 3. The molecule has 0 fully saturated rings. The predicted molar refractivity (Wildman–Crippen MR) is 69.7 cm³/mol. The van der Waals surface area contributed by atoms with Crippen molar-refractivity contribution in [3.05, 3.63) is 70.5 Å². The fraction of sp³-hybridized carbons (Fsp3) is 0.143. The molecule has 4 heteroatoms. The highest BCUT2D eigenvalue weighted by Gasteiger charge is 2.04. The van der Waals surface area contributed by atoms with Crippen molar-refractivity contribution in [1.82, 2.24) is 14.0 Å². The van der Waals surface area contributed by atoms with Gasteiger partial charge in [0.25, 0.3) is 5.56 Å². The summed E-state index contributed by atoms with van der Waals surface area (Å²) in [6.45, 7) is 2.32. The lowest BCUT2D eigenvalue weighted by Gasteiger charge is -2.03. The number of imidazole rings is 1. The Bertz CT molecular complexity index is 722. The van der Waals surface area contributed by atoms with Crippen molar-refractivity contribution < 1.29 is 0 Å². The summed E-state index contributed by atoms with van der Waals surface area (Å²) < 4.78 is 3.63. The molecule has 4 nitrogen and oxygen atoms in total. The lowest BCUT2D eigenvalue weighted by atomic mass is 10.3. The first kappa shape index (κ1) is 10.8. The van der Waals surface area contributed by atoms with Crippen LogP contribution in [-0.4, -0.2) is 14.0 Å². The third kappa shape index (κ3) is 1.82. The standard InChI is InChI=1S/C14H13N3O/c1-11-5-4-8-17(14(11)18)10-12-9-16-7-3-2-6-13(16)15-12/h2-9H,10H2,1H3. The van der Waals surface area contributed by atoms with E-state index < -0.39 is 0 Å². The van der Waals surface area contributed by atoms with Crippen LogP contribution in [-0.2, 0) is 6.54 Å². The van der Waals surface area contributed by atoms with Crippen LogP contribution in [0, 0.1) is 6.92 Å². The molecule has 0 N–H and O–H groups in total. The fourth-order valence-electron chi connectivity index (χ4n) is 2.02. The van der Waals surface area contributed by atoms with Crippen molar-refractivity contribution in [3.8, 4) is 0 Å². The molecule has 0 aromatic carbocycles. The van der Waals surface area contributed by atoms with E-state index in [1.165, 1.54) is 0 Å². The van der Waals surface area contributed by atoms with Gasteiger partial charge in [0.1, 0.15) is 5.65 Å². The van der Waals surface area contributed by atoms with Gasteiger partial charge in [0.15, 0.2) is 0 Å². The molecule has 0 atom stereocenters. The maximum Gasteiger partial charge on any atom is 0.253 e. The quantitative estimate of drug-likeness (QED) is 0.684. The van der Waals surface area contributed by atoms with E-state index in [0.717, 1.165) is 16.9 Å². The summed E-state index contributed by atoms with van der Waals surface area (Å²) in [7, 11) is 0. The SMILES string of the molecule is Cc1cccn(Cc2cn3ccccc3n2)c1=O. The number of fused-ring (bicyclic) bond motifs is 1. The van der Waals surface area contributed by atoms with Crippen LogP contribution in [0.1, 0.15) is 11.3 Å². The number of aryl methyl sites for hydroxylation is 1. The molecule has 0 unspecified atom stereocenters. The molecular formula is C14H13N3O. The molecule has 0 aliphatic carbocycles. The maximum atomic E-state index is 11.9. The second-order valence-corrected chi connectivity index (χ2v) is 4.32. The van der Waals surface area contributed by atoms with E-state index in [1.807, 2.05) is 54.0 Å². The van der Waals surface area contributed by atoms with Crippen LogP contribution in [0.4, 0.5) is 0 Å². The predicted octanol–water partition coefficient (Wildman–Crippen LogP) is 1.85. The van der Waals surface area contributed by atoms with Crippen molar-refractivity contribution in [1.29, 1.82) is 0 Å². The van der Waals surface area contributed by atoms with Crippen molar-refractivity contribution >= 4 is 5.65 Å². The fourth-order valence-corrected chi connectivity index (χ4v) is 2.02. The first-order valence-electron chi connectivity index (χ1n) is 5.83. The Balaban J connectivity index is 2.01. The van der Waals surface area contributed by atoms with Gasteiger partial charge < -0.3 is 8.97 Å². The molecule has 90 valence electrons. The molecule has 3 aromatic heterocycles. The van der Waals surface area contributed by atoms with Gasteiger partial charge >= 0.3 is 0 Å². The van der Waals surface area contributed by atoms with E-state index in [1.54, 1.807) is 10.8 Å². The number of aromatic nitrogens is 3. The van der Waals surface area contributed by atoms with Gasteiger partial charge in [0.05, 0.1) is 12.2 Å². The molecule has 3 rings (SSSR count). The first-order valence-corrected chi connectivity index (χ1v) is 5.83. The molecule has 3 aromatic rings. The summed E-state index contributed by atoms with van der Waals surface area (Å²) in [5.41, 5.74) is 2.57. The molecule has 0 bridgehead atoms. The lowest BCUT2D eigenvalue weighted by molar-refractivity contribution is 0.738. The minimum absolute atomic E-state index is 0.0366. The second-order valence-electron chi connectivity index (χ2n) is 4.32. The number of rotatable bonds is 2. The molecule has 18 heavy (non-hydrogen) atoms. The molecule has 0 spiro atoms. The van der Waals surface area contributed by atoms with Gasteiger partial charge in [-0.05, 0) is 25.1 Å². The molecule has 0 saturated heterocycles. The zero-order valence-corrected chi connectivity index (χ0v) is 10.1. The van der Waals surface area contributed by atoms with Crippen molar-refractivity contribution in [2.24, 2.45) is 0 Å². The van der Waals surface area contributed by atoms with Crippen LogP contribution in [0.25, 0.3) is 5.65 Å². The Kier molecular flexibility index (Phi) is 2.48. The highest BCUT2D eigenvalue weighted by molar-refractivity contribution is 5.39. The van der Waals surface area contributed by atoms with Gasteiger partial charge in [-0.2, -0.15) is 0 Å². The largest absolute Gasteiger partial charge is 0.309 e. The van der Waals surface area contributed by atoms with E-state index in [-0.39, 0.29) is 5.56 Å². The van der Waals surface area contributed by atoms with Gasteiger partial charge in [-0.3, -0.25) is 4.79 Å². The molecule has 0 radical (unpaired) electrons.